The van der Waals surface area contributed by atoms with Crippen LogP contribution in [0.1, 0.15) is 33.0 Å². The molecule has 0 fully saturated rings. The van der Waals surface area contributed by atoms with Gasteiger partial charge in [-0.05, 0) is 67.8 Å². The maximum absolute atomic E-state index is 12.4. The number of hydrogen-bond donors (Lipinski definition) is 1. The second kappa shape index (κ2) is 7.67. The summed E-state index contributed by atoms with van der Waals surface area (Å²) in [5.41, 5.74) is 3.76. The van der Waals surface area contributed by atoms with Gasteiger partial charge in [0, 0.05) is 10.7 Å². The molecular weight excluding hydrogens is 350 g/mol. The third-order valence-corrected chi connectivity index (χ3v) is 4.54. The van der Waals surface area contributed by atoms with Crippen molar-refractivity contribution in [1.82, 2.24) is 0 Å². The molecule has 134 valence electrons. The molecule has 0 bridgehead atoms. The number of para-hydroxylation sites is 1. The zero-order chi connectivity index (χ0) is 18.7. The fourth-order valence-electron chi connectivity index (χ4n) is 2.63. The smallest absolute Gasteiger partial charge is 0.291 e. The van der Waals surface area contributed by atoms with Gasteiger partial charge >= 0.3 is 0 Å². The molecule has 0 aliphatic rings. The minimum absolute atomic E-state index is 0.234. The van der Waals surface area contributed by atoms with Crippen LogP contribution in [0.3, 0.4) is 0 Å². The lowest BCUT2D eigenvalue weighted by Crippen LogP contribution is -2.13. The molecule has 5 heteroatoms. The molecule has 0 saturated heterocycles. The highest BCUT2D eigenvalue weighted by Gasteiger charge is 2.14. The number of ether oxygens (including phenoxy) is 1. The molecule has 2 aromatic carbocycles. The number of nitrogens with one attached hydrogen (secondary N) is 1. The Bertz CT molecular complexity index is 926. The summed E-state index contributed by atoms with van der Waals surface area (Å²) >= 11 is 6.01. The van der Waals surface area contributed by atoms with Crippen LogP contribution >= 0.6 is 11.6 Å². The van der Waals surface area contributed by atoms with Crippen molar-refractivity contribution >= 4 is 23.2 Å². The van der Waals surface area contributed by atoms with Crippen LogP contribution in [0.15, 0.2) is 52.9 Å². The minimum Gasteiger partial charge on any atom is -0.486 e. The van der Waals surface area contributed by atoms with E-state index in [9.17, 15) is 4.79 Å². The fraction of sp³-hybridized carbons (Fsp3) is 0.190. The zero-order valence-electron chi connectivity index (χ0n) is 14.9. The number of halogens is 1. The van der Waals surface area contributed by atoms with E-state index < -0.39 is 0 Å². The van der Waals surface area contributed by atoms with Crippen LogP contribution in [0.2, 0.25) is 5.02 Å². The van der Waals surface area contributed by atoms with Gasteiger partial charge in [-0.1, -0.05) is 29.8 Å². The van der Waals surface area contributed by atoms with E-state index in [1.807, 2.05) is 45.0 Å². The van der Waals surface area contributed by atoms with Crippen molar-refractivity contribution in [1.29, 1.82) is 0 Å². The predicted molar refractivity (Wildman–Crippen MR) is 103 cm³/mol. The van der Waals surface area contributed by atoms with Crippen LogP contribution in [-0.2, 0) is 6.61 Å². The molecule has 4 nitrogen and oxygen atoms in total. The number of anilines is 1. The Morgan fingerprint density at radius 3 is 2.46 bits per heavy atom. The Morgan fingerprint density at radius 2 is 1.77 bits per heavy atom. The summed E-state index contributed by atoms with van der Waals surface area (Å²) in [6.07, 6.45) is 0. The Labute approximate surface area is 157 Å². The Morgan fingerprint density at radius 1 is 1.04 bits per heavy atom. The number of rotatable bonds is 5. The normalized spacial score (nSPS) is 10.6. The first-order valence-electron chi connectivity index (χ1n) is 8.29. The van der Waals surface area contributed by atoms with E-state index in [1.165, 1.54) is 0 Å². The molecule has 1 N–H and O–H groups in total. The first-order valence-corrected chi connectivity index (χ1v) is 8.67. The van der Waals surface area contributed by atoms with Gasteiger partial charge in [0.05, 0.1) is 0 Å². The zero-order valence-corrected chi connectivity index (χ0v) is 15.7. The van der Waals surface area contributed by atoms with Gasteiger partial charge in [0.1, 0.15) is 18.1 Å². The van der Waals surface area contributed by atoms with Crippen molar-refractivity contribution in [2.75, 3.05) is 5.32 Å². The average molecular weight is 370 g/mol. The molecule has 0 aliphatic heterocycles. The summed E-state index contributed by atoms with van der Waals surface area (Å²) < 4.78 is 11.3. The van der Waals surface area contributed by atoms with Crippen molar-refractivity contribution in [3.63, 3.8) is 0 Å². The lowest BCUT2D eigenvalue weighted by Gasteiger charge is -2.10. The SMILES string of the molecule is Cc1cc(OCc2ccc(C(=O)Nc3c(C)cccc3C)o2)ccc1Cl. The lowest BCUT2D eigenvalue weighted by molar-refractivity contribution is 0.0992. The highest BCUT2D eigenvalue weighted by molar-refractivity contribution is 6.31. The van der Waals surface area contributed by atoms with Gasteiger partial charge in [-0.3, -0.25) is 4.79 Å². The van der Waals surface area contributed by atoms with E-state index in [2.05, 4.69) is 5.32 Å². The number of amides is 1. The van der Waals surface area contributed by atoms with Crippen molar-refractivity contribution in [2.24, 2.45) is 0 Å². The lowest BCUT2D eigenvalue weighted by atomic mass is 10.1. The molecule has 26 heavy (non-hydrogen) atoms. The fourth-order valence-corrected chi connectivity index (χ4v) is 2.74. The van der Waals surface area contributed by atoms with E-state index in [-0.39, 0.29) is 18.3 Å². The number of carbonyl (C=O) groups is 1. The maximum Gasteiger partial charge on any atom is 0.291 e. The van der Waals surface area contributed by atoms with Crippen LogP contribution in [0, 0.1) is 20.8 Å². The van der Waals surface area contributed by atoms with E-state index in [0.29, 0.717) is 16.5 Å². The molecule has 0 aliphatic carbocycles. The van der Waals surface area contributed by atoms with E-state index >= 15 is 0 Å². The van der Waals surface area contributed by atoms with Gasteiger partial charge in [-0.15, -0.1) is 0 Å². The van der Waals surface area contributed by atoms with Crippen molar-refractivity contribution in [2.45, 2.75) is 27.4 Å². The number of furan rings is 1. The topological polar surface area (TPSA) is 51.5 Å². The number of carbonyl (C=O) groups excluding carboxylic acids is 1. The van der Waals surface area contributed by atoms with Gasteiger partial charge < -0.3 is 14.5 Å². The monoisotopic (exact) mass is 369 g/mol. The molecule has 1 aromatic heterocycles. The Hall–Kier alpha value is -2.72. The number of aryl methyl sites for hydroxylation is 3. The second-order valence-electron chi connectivity index (χ2n) is 6.19. The molecule has 0 radical (unpaired) electrons. The number of hydrogen-bond acceptors (Lipinski definition) is 3. The summed E-state index contributed by atoms with van der Waals surface area (Å²) in [7, 11) is 0. The maximum atomic E-state index is 12.4. The third kappa shape index (κ3) is 4.09. The molecule has 1 heterocycles. The molecule has 0 unspecified atom stereocenters. The predicted octanol–water partition coefficient (Wildman–Crippen LogP) is 5.69. The summed E-state index contributed by atoms with van der Waals surface area (Å²) in [5.74, 6) is 1.24. The summed E-state index contributed by atoms with van der Waals surface area (Å²) in [4.78, 5) is 12.4. The third-order valence-electron chi connectivity index (χ3n) is 4.12. The highest BCUT2D eigenvalue weighted by Crippen LogP contribution is 2.23. The van der Waals surface area contributed by atoms with Crippen molar-refractivity contribution in [3.05, 3.63) is 81.8 Å². The average Bonchev–Trinajstić information content (AvgIpc) is 3.08. The molecule has 3 aromatic rings. The molecule has 0 atom stereocenters. The Kier molecular flexibility index (Phi) is 5.33. The van der Waals surface area contributed by atoms with E-state index in [4.69, 9.17) is 20.8 Å². The molecular formula is C21H20ClNO3. The van der Waals surface area contributed by atoms with Gasteiger partial charge in [-0.2, -0.15) is 0 Å². The molecule has 1 amide bonds. The van der Waals surface area contributed by atoms with Gasteiger partial charge in [-0.25, -0.2) is 0 Å². The molecule has 3 rings (SSSR count). The van der Waals surface area contributed by atoms with Crippen molar-refractivity contribution < 1.29 is 13.9 Å². The van der Waals surface area contributed by atoms with E-state index in [0.717, 1.165) is 22.4 Å². The quantitative estimate of drug-likeness (QED) is 0.628. The van der Waals surface area contributed by atoms with Gasteiger partial charge in [0.25, 0.3) is 5.91 Å². The van der Waals surface area contributed by atoms with Crippen LogP contribution < -0.4 is 10.1 Å². The number of benzene rings is 2. The van der Waals surface area contributed by atoms with E-state index in [1.54, 1.807) is 24.3 Å². The highest BCUT2D eigenvalue weighted by atomic mass is 35.5. The summed E-state index contributed by atoms with van der Waals surface area (Å²) in [5, 5.41) is 3.60. The largest absolute Gasteiger partial charge is 0.486 e. The summed E-state index contributed by atoms with van der Waals surface area (Å²) in [6.45, 7) is 6.06. The minimum atomic E-state index is -0.281. The van der Waals surface area contributed by atoms with Gasteiger partial charge in [0.2, 0.25) is 0 Å². The second-order valence-corrected chi connectivity index (χ2v) is 6.59. The summed E-state index contributed by atoms with van der Waals surface area (Å²) in [6, 6.07) is 14.7. The Balaban J connectivity index is 1.65. The molecule has 0 saturated carbocycles. The van der Waals surface area contributed by atoms with Gasteiger partial charge in [0.15, 0.2) is 5.76 Å². The van der Waals surface area contributed by atoms with Crippen molar-refractivity contribution in [3.8, 4) is 5.75 Å². The first kappa shape index (κ1) is 18.1. The van der Waals surface area contributed by atoms with Crippen LogP contribution in [-0.4, -0.2) is 5.91 Å². The van der Waals surface area contributed by atoms with Crippen LogP contribution in [0.5, 0.6) is 5.75 Å². The van der Waals surface area contributed by atoms with Crippen LogP contribution in [0.4, 0.5) is 5.69 Å². The molecule has 0 spiro atoms. The van der Waals surface area contributed by atoms with Crippen LogP contribution in [0.25, 0.3) is 0 Å². The first-order chi connectivity index (χ1) is 12.4. The standard InChI is InChI=1S/C21H20ClNO3/c1-13-5-4-6-14(2)20(13)23-21(24)19-10-8-17(26-19)12-25-16-7-9-18(22)15(3)11-16/h4-11H,12H2,1-3H3,(H,23,24).